The van der Waals surface area contributed by atoms with Crippen LogP contribution < -0.4 is 5.32 Å². The highest BCUT2D eigenvalue weighted by molar-refractivity contribution is 5.36. The summed E-state index contributed by atoms with van der Waals surface area (Å²) >= 11 is 0. The van der Waals surface area contributed by atoms with E-state index in [0.717, 1.165) is 25.1 Å². The SMILES string of the molecule is OC1CN[C@H](c2nc(C3CCCc4ccccc43)no2)C1. The van der Waals surface area contributed by atoms with Crippen molar-refractivity contribution in [3.63, 3.8) is 0 Å². The number of aliphatic hydroxyl groups excluding tert-OH is 1. The summed E-state index contributed by atoms with van der Waals surface area (Å²) in [5, 5.41) is 17.0. The monoisotopic (exact) mass is 285 g/mol. The fourth-order valence-corrected chi connectivity index (χ4v) is 3.46. The summed E-state index contributed by atoms with van der Waals surface area (Å²) in [6, 6.07) is 8.52. The molecule has 1 aromatic carbocycles. The first-order chi connectivity index (χ1) is 10.3. The molecule has 2 aromatic rings. The molecule has 5 nitrogen and oxygen atoms in total. The van der Waals surface area contributed by atoms with Crippen LogP contribution >= 0.6 is 0 Å². The number of aryl methyl sites for hydroxylation is 1. The van der Waals surface area contributed by atoms with Gasteiger partial charge in [-0.25, -0.2) is 0 Å². The Labute approximate surface area is 123 Å². The molecule has 21 heavy (non-hydrogen) atoms. The van der Waals surface area contributed by atoms with Gasteiger partial charge in [0.2, 0.25) is 5.89 Å². The van der Waals surface area contributed by atoms with E-state index in [2.05, 4.69) is 39.7 Å². The van der Waals surface area contributed by atoms with Crippen molar-refractivity contribution >= 4 is 0 Å². The number of benzene rings is 1. The Morgan fingerprint density at radius 1 is 1.29 bits per heavy atom. The van der Waals surface area contributed by atoms with Gasteiger partial charge >= 0.3 is 0 Å². The quantitative estimate of drug-likeness (QED) is 0.882. The molecule has 0 radical (unpaired) electrons. The van der Waals surface area contributed by atoms with Crippen LogP contribution in [0.25, 0.3) is 0 Å². The van der Waals surface area contributed by atoms with Gasteiger partial charge in [0.25, 0.3) is 0 Å². The minimum Gasteiger partial charge on any atom is -0.392 e. The molecule has 0 bridgehead atoms. The van der Waals surface area contributed by atoms with E-state index >= 15 is 0 Å². The number of hydrogen-bond donors (Lipinski definition) is 2. The molecule has 2 N–H and O–H groups in total. The normalized spacial score (nSPS) is 28.5. The highest BCUT2D eigenvalue weighted by atomic mass is 16.5. The van der Waals surface area contributed by atoms with Gasteiger partial charge in [-0.2, -0.15) is 4.98 Å². The predicted molar refractivity (Wildman–Crippen MR) is 76.9 cm³/mol. The van der Waals surface area contributed by atoms with Gasteiger partial charge < -0.3 is 14.9 Å². The lowest BCUT2D eigenvalue weighted by atomic mass is 9.82. The van der Waals surface area contributed by atoms with Gasteiger partial charge in [0, 0.05) is 12.5 Å². The van der Waals surface area contributed by atoms with E-state index in [4.69, 9.17) is 4.52 Å². The van der Waals surface area contributed by atoms with Crippen LogP contribution in [0, 0.1) is 0 Å². The van der Waals surface area contributed by atoms with E-state index in [-0.39, 0.29) is 18.1 Å². The molecule has 5 heteroatoms. The standard InChI is InChI=1S/C16H19N3O2/c20-11-8-14(17-9-11)16-18-15(19-21-16)13-7-3-5-10-4-1-2-6-12(10)13/h1-2,4,6,11,13-14,17,20H,3,5,7-9H2/t11?,13?,14-/m0/s1. The van der Waals surface area contributed by atoms with E-state index in [0.29, 0.717) is 18.9 Å². The Bertz CT molecular complexity index is 640. The molecule has 2 heterocycles. The van der Waals surface area contributed by atoms with Crippen molar-refractivity contribution in [1.29, 1.82) is 0 Å². The number of nitrogens with one attached hydrogen (secondary N) is 1. The Morgan fingerprint density at radius 2 is 2.19 bits per heavy atom. The fourth-order valence-electron chi connectivity index (χ4n) is 3.46. The first-order valence-corrected chi connectivity index (χ1v) is 7.64. The second-order valence-corrected chi connectivity index (χ2v) is 5.98. The molecule has 0 saturated carbocycles. The molecule has 1 fully saturated rings. The zero-order chi connectivity index (χ0) is 14.2. The Kier molecular flexibility index (Phi) is 3.24. The van der Waals surface area contributed by atoms with Crippen LogP contribution in [0.2, 0.25) is 0 Å². The molecule has 4 rings (SSSR count). The average molecular weight is 285 g/mol. The van der Waals surface area contributed by atoms with Crippen molar-refractivity contribution in [2.24, 2.45) is 0 Å². The Balaban J connectivity index is 1.62. The maximum atomic E-state index is 9.59. The summed E-state index contributed by atoms with van der Waals surface area (Å²) in [5.74, 6) is 1.61. The minimum atomic E-state index is -0.319. The van der Waals surface area contributed by atoms with Crippen LogP contribution in [0.3, 0.4) is 0 Å². The first-order valence-electron chi connectivity index (χ1n) is 7.64. The molecule has 0 amide bonds. The zero-order valence-corrected chi connectivity index (χ0v) is 11.8. The maximum Gasteiger partial charge on any atom is 0.243 e. The molecule has 1 aromatic heterocycles. The van der Waals surface area contributed by atoms with Gasteiger partial charge in [0.05, 0.1) is 12.1 Å². The predicted octanol–water partition coefficient (Wildman–Crippen LogP) is 1.93. The van der Waals surface area contributed by atoms with Crippen molar-refractivity contribution < 1.29 is 9.63 Å². The van der Waals surface area contributed by atoms with Crippen LogP contribution in [0.5, 0.6) is 0 Å². The Hall–Kier alpha value is -1.72. The van der Waals surface area contributed by atoms with Crippen molar-refractivity contribution in [1.82, 2.24) is 15.5 Å². The molecular formula is C16H19N3O2. The van der Waals surface area contributed by atoms with Gasteiger partial charge in [-0.1, -0.05) is 29.4 Å². The van der Waals surface area contributed by atoms with Crippen LogP contribution in [0.15, 0.2) is 28.8 Å². The maximum absolute atomic E-state index is 9.59. The summed E-state index contributed by atoms with van der Waals surface area (Å²) in [6.07, 6.45) is 3.68. The van der Waals surface area contributed by atoms with Crippen molar-refractivity contribution in [2.75, 3.05) is 6.54 Å². The smallest absolute Gasteiger partial charge is 0.243 e. The summed E-state index contributed by atoms with van der Waals surface area (Å²) in [4.78, 5) is 4.60. The van der Waals surface area contributed by atoms with Gasteiger partial charge in [-0.15, -0.1) is 0 Å². The average Bonchev–Trinajstić information content (AvgIpc) is 3.15. The first kappa shape index (κ1) is 13.0. The summed E-state index contributed by atoms with van der Waals surface area (Å²) in [5.41, 5.74) is 2.73. The summed E-state index contributed by atoms with van der Waals surface area (Å²) < 4.78 is 5.43. The molecule has 1 aliphatic carbocycles. The molecule has 2 unspecified atom stereocenters. The summed E-state index contributed by atoms with van der Waals surface area (Å²) in [6.45, 7) is 0.592. The highest BCUT2D eigenvalue weighted by Crippen LogP contribution is 2.35. The van der Waals surface area contributed by atoms with Crippen molar-refractivity contribution in [3.8, 4) is 0 Å². The third kappa shape index (κ3) is 2.36. The van der Waals surface area contributed by atoms with Crippen LogP contribution in [-0.2, 0) is 6.42 Å². The molecule has 0 spiro atoms. The largest absolute Gasteiger partial charge is 0.392 e. The number of hydrogen-bond acceptors (Lipinski definition) is 5. The molecule has 3 atom stereocenters. The fraction of sp³-hybridized carbons (Fsp3) is 0.500. The third-order valence-electron chi connectivity index (χ3n) is 4.54. The number of aliphatic hydroxyl groups is 1. The zero-order valence-electron chi connectivity index (χ0n) is 11.8. The molecule has 1 aliphatic heterocycles. The second kappa shape index (κ2) is 5.24. The molecular weight excluding hydrogens is 266 g/mol. The second-order valence-electron chi connectivity index (χ2n) is 5.98. The summed E-state index contributed by atoms with van der Waals surface area (Å²) in [7, 11) is 0. The number of aromatic nitrogens is 2. The lowest BCUT2D eigenvalue weighted by molar-refractivity contribution is 0.191. The number of rotatable bonds is 2. The lowest BCUT2D eigenvalue weighted by Crippen LogP contribution is -2.15. The van der Waals surface area contributed by atoms with E-state index in [1.54, 1.807) is 0 Å². The third-order valence-corrected chi connectivity index (χ3v) is 4.54. The molecule has 110 valence electrons. The number of nitrogens with zero attached hydrogens (tertiary/aromatic N) is 2. The molecule has 1 saturated heterocycles. The van der Waals surface area contributed by atoms with Gasteiger partial charge in [0.1, 0.15) is 0 Å². The topological polar surface area (TPSA) is 71.2 Å². The van der Waals surface area contributed by atoms with E-state index < -0.39 is 0 Å². The van der Waals surface area contributed by atoms with Gasteiger partial charge in [-0.3, -0.25) is 0 Å². The number of β-amino-alcohol motifs (C(OH)–C–C–N with tert-alkyl or cyclic N) is 1. The Morgan fingerprint density at radius 3 is 3.05 bits per heavy atom. The van der Waals surface area contributed by atoms with Crippen molar-refractivity contribution in [2.45, 2.75) is 43.7 Å². The van der Waals surface area contributed by atoms with Crippen molar-refractivity contribution in [3.05, 3.63) is 47.1 Å². The highest BCUT2D eigenvalue weighted by Gasteiger charge is 2.31. The van der Waals surface area contributed by atoms with E-state index in [1.165, 1.54) is 11.1 Å². The van der Waals surface area contributed by atoms with Crippen LogP contribution in [-0.4, -0.2) is 27.9 Å². The van der Waals surface area contributed by atoms with Gasteiger partial charge in [-0.05, 0) is 36.8 Å². The van der Waals surface area contributed by atoms with Crippen LogP contribution in [0.1, 0.15) is 54.1 Å². The minimum absolute atomic E-state index is 0.0138. The van der Waals surface area contributed by atoms with Gasteiger partial charge in [0.15, 0.2) is 5.82 Å². The van der Waals surface area contributed by atoms with E-state index in [1.807, 2.05) is 0 Å². The lowest BCUT2D eigenvalue weighted by Gasteiger charge is -2.22. The molecule has 2 aliphatic rings. The number of fused-ring (bicyclic) bond motifs is 1. The van der Waals surface area contributed by atoms with Crippen LogP contribution in [0.4, 0.5) is 0 Å². The van der Waals surface area contributed by atoms with E-state index in [9.17, 15) is 5.11 Å².